The number of hydrogen-bond acceptors (Lipinski definition) is 2. The summed E-state index contributed by atoms with van der Waals surface area (Å²) in [6.45, 7) is 4.60. The van der Waals surface area contributed by atoms with Gasteiger partial charge in [0, 0.05) is 22.0 Å². The summed E-state index contributed by atoms with van der Waals surface area (Å²) < 4.78 is 13.8. The molecule has 2 rings (SSSR count). The molecule has 17 heavy (non-hydrogen) atoms. The maximum atomic E-state index is 13.0. The number of hydrogen-bond donors (Lipinski definition) is 1. The van der Waals surface area contributed by atoms with Crippen molar-refractivity contribution in [2.75, 3.05) is 16.8 Å². The number of rotatable bonds is 2. The third kappa shape index (κ3) is 3.62. The first-order valence-corrected chi connectivity index (χ1v) is 7.70. The van der Waals surface area contributed by atoms with Crippen molar-refractivity contribution in [2.24, 2.45) is 5.41 Å². The van der Waals surface area contributed by atoms with Gasteiger partial charge in [-0.15, -0.1) is 0 Å². The second-order valence-corrected chi connectivity index (χ2v) is 7.23. The molecule has 0 aliphatic carbocycles. The Morgan fingerprint density at radius 2 is 2.24 bits per heavy atom. The van der Waals surface area contributed by atoms with Gasteiger partial charge in [-0.2, -0.15) is 11.8 Å². The van der Waals surface area contributed by atoms with Crippen molar-refractivity contribution >= 4 is 33.4 Å². The van der Waals surface area contributed by atoms with Crippen molar-refractivity contribution in [1.29, 1.82) is 0 Å². The lowest BCUT2D eigenvalue weighted by Gasteiger charge is -2.35. The summed E-state index contributed by atoms with van der Waals surface area (Å²) in [5.41, 5.74) is 1.36. The van der Waals surface area contributed by atoms with Crippen LogP contribution in [0.1, 0.15) is 20.3 Å². The summed E-state index contributed by atoms with van der Waals surface area (Å²) in [6, 6.07) is 5.26. The molecule has 0 amide bonds. The quantitative estimate of drug-likeness (QED) is 0.860. The number of nitrogens with one attached hydrogen (secondary N) is 1. The summed E-state index contributed by atoms with van der Waals surface area (Å²) >= 11 is 5.38. The minimum Gasteiger partial charge on any atom is -0.381 e. The van der Waals surface area contributed by atoms with E-state index in [9.17, 15) is 4.39 Å². The zero-order chi connectivity index (χ0) is 12.5. The number of benzene rings is 1. The van der Waals surface area contributed by atoms with Crippen LogP contribution in [-0.2, 0) is 0 Å². The highest BCUT2D eigenvalue weighted by Gasteiger charge is 2.28. The van der Waals surface area contributed by atoms with E-state index in [0.29, 0.717) is 11.5 Å². The highest BCUT2D eigenvalue weighted by Crippen LogP contribution is 2.35. The van der Waals surface area contributed by atoms with Crippen LogP contribution in [0.25, 0.3) is 0 Å². The fraction of sp³-hybridized carbons (Fsp3) is 0.538. The minimum absolute atomic E-state index is 0.208. The van der Waals surface area contributed by atoms with E-state index in [4.69, 9.17) is 0 Å². The molecular weight excluding hydrogens is 301 g/mol. The van der Waals surface area contributed by atoms with Gasteiger partial charge in [-0.25, -0.2) is 4.39 Å². The number of halogens is 2. The average molecular weight is 318 g/mol. The van der Waals surface area contributed by atoms with Crippen LogP contribution >= 0.6 is 27.7 Å². The van der Waals surface area contributed by atoms with Crippen LogP contribution in [0.2, 0.25) is 0 Å². The van der Waals surface area contributed by atoms with Crippen LogP contribution in [0.3, 0.4) is 0 Å². The van der Waals surface area contributed by atoms with Crippen LogP contribution in [0, 0.1) is 11.2 Å². The topological polar surface area (TPSA) is 12.0 Å². The minimum atomic E-state index is -0.208. The Kier molecular flexibility index (Phi) is 4.03. The van der Waals surface area contributed by atoms with Gasteiger partial charge in [-0.05, 0) is 51.7 Å². The van der Waals surface area contributed by atoms with E-state index >= 15 is 0 Å². The van der Waals surface area contributed by atoms with Crippen molar-refractivity contribution in [3.05, 3.63) is 28.5 Å². The van der Waals surface area contributed by atoms with E-state index in [1.807, 2.05) is 11.8 Å². The Bertz CT molecular complexity index is 408. The molecule has 0 saturated carbocycles. The summed E-state index contributed by atoms with van der Waals surface area (Å²) in [4.78, 5) is 0. The molecule has 0 aromatic heterocycles. The molecular formula is C13H17BrFNS. The SMILES string of the molecule is CC1(C)CSCC(Nc2ccc(F)cc2Br)C1. The summed E-state index contributed by atoms with van der Waals surface area (Å²) in [5, 5.41) is 3.50. The average Bonchev–Trinajstić information content (AvgIpc) is 2.21. The Hall–Kier alpha value is -0.220. The molecule has 0 spiro atoms. The Balaban J connectivity index is 2.05. The summed E-state index contributed by atoms with van der Waals surface area (Å²) in [7, 11) is 0. The lowest BCUT2D eigenvalue weighted by molar-refractivity contribution is 0.358. The molecule has 1 fully saturated rings. The van der Waals surface area contributed by atoms with Gasteiger partial charge in [0.05, 0.1) is 0 Å². The smallest absolute Gasteiger partial charge is 0.124 e. The van der Waals surface area contributed by atoms with Crippen LogP contribution in [0.4, 0.5) is 10.1 Å². The monoisotopic (exact) mass is 317 g/mol. The third-order valence-corrected chi connectivity index (χ3v) is 5.18. The van der Waals surface area contributed by atoms with Crippen molar-refractivity contribution in [2.45, 2.75) is 26.3 Å². The van der Waals surface area contributed by atoms with Gasteiger partial charge >= 0.3 is 0 Å². The molecule has 1 aliphatic heterocycles. The van der Waals surface area contributed by atoms with Gasteiger partial charge in [0.25, 0.3) is 0 Å². The lowest BCUT2D eigenvalue weighted by Crippen LogP contribution is -2.35. The predicted octanol–water partition coefficient (Wildman–Crippen LogP) is 4.53. The normalized spacial score (nSPS) is 23.4. The van der Waals surface area contributed by atoms with E-state index in [2.05, 4.69) is 35.1 Å². The standard InChI is InChI=1S/C13H17BrFNS/c1-13(2)6-10(7-17-8-13)16-12-4-3-9(15)5-11(12)14/h3-5,10,16H,6-8H2,1-2H3. The van der Waals surface area contributed by atoms with Gasteiger partial charge in [0.2, 0.25) is 0 Å². The zero-order valence-corrected chi connectivity index (χ0v) is 12.5. The molecule has 1 unspecified atom stereocenters. The lowest BCUT2D eigenvalue weighted by atomic mass is 9.88. The second-order valence-electron chi connectivity index (χ2n) is 5.35. The van der Waals surface area contributed by atoms with Crippen molar-refractivity contribution < 1.29 is 4.39 Å². The highest BCUT2D eigenvalue weighted by molar-refractivity contribution is 9.10. The number of anilines is 1. The van der Waals surface area contributed by atoms with E-state index in [1.54, 1.807) is 6.07 Å². The zero-order valence-electron chi connectivity index (χ0n) is 10.1. The van der Waals surface area contributed by atoms with Gasteiger partial charge in [0.15, 0.2) is 0 Å². The Morgan fingerprint density at radius 1 is 1.47 bits per heavy atom. The largest absolute Gasteiger partial charge is 0.381 e. The Labute approximate surface area is 115 Å². The van der Waals surface area contributed by atoms with Gasteiger partial charge in [-0.3, -0.25) is 0 Å². The molecule has 1 saturated heterocycles. The Morgan fingerprint density at radius 3 is 2.88 bits per heavy atom. The maximum absolute atomic E-state index is 13.0. The molecule has 0 bridgehead atoms. The van der Waals surface area contributed by atoms with Gasteiger partial charge in [-0.1, -0.05) is 13.8 Å². The first-order valence-electron chi connectivity index (χ1n) is 5.76. The highest BCUT2D eigenvalue weighted by atomic mass is 79.9. The summed E-state index contributed by atoms with van der Waals surface area (Å²) in [6.07, 6.45) is 1.16. The van der Waals surface area contributed by atoms with Crippen molar-refractivity contribution in [3.63, 3.8) is 0 Å². The molecule has 1 atom stereocenters. The first-order chi connectivity index (χ1) is 7.96. The fourth-order valence-electron chi connectivity index (χ4n) is 2.18. The first kappa shape index (κ1) is 13.2. The van der Waals surface area contributed by atoms with E-state index in [-0.39, 0.29) is 5.82 Å². The fourth-order valence-corrected chi connectivity index (χ4v) is 3.92. The number of thioether (sulfide) groups is 1. The molecule has 1 aliphatic rings. The molecule has 1 aromatic rings. The van der Waals surface area contributed by atoms with E-state index in [1.165, 1.54) is 17.9 Å². The molecule has 1 heterocycles. The molecule has 1 nitrogen and oxygen atoms in total. The van der Waals surface area contributed by atoms with E-state index in [0.717, 1.165) is 22.3 Å². The van der Waals surface area contributed by atoms with E-state index < -0.39 is 0 Å². The van der Waals surface area contributed by atoms with Crippen molar-refractivity contribution in [1.82, 2.24) is 0 Å². The molecule has 1 N–H and O–H groups in total. The predicted molar refractivity (Wildman–Crippen MR) is 77.2 cm³/mol. The van der Waals surface area contributed by atoms with Crippen molar-refractivity contribution in [3.8, 4) is 0 Å². The molecule has 1 aromatic carbocycles. The van der Waals surface area contributed by atoms with Crippen LogP contribution in [0.15, 0.2) is 22.7 Å². The third-order valence-electron chi connectivity index (χ3n) is 2.90. The van der Waals surface area contributed by atoms with Gasteiger partial charge in [0.1, 0.15) is 5.82 Å². The molecule has 94 valence electrons. The molecule has 0 radical (unpaired) electrons. The second kappa shape index (κ2) is 5.19. The van der Waals surface area contributed by atoms with Crippen LogP contribution in [0.5, 0.6) is 0 Å². The maximum Gasteiger partial charge on any atom is 0.124 e. The summed E-state index contributed by atoms with van der Waals surface area (Å²) in [5.74, 6) is 2.13. The van der Waals surface area contributed by atoms with Crippen LogP contribution < -0.4 is 5.32 Å². The van der Waals surface area contributed by atoms with Gasteiger partial charge < -0.3 is 5.32 Å². The van der Waals surface area contributed by atoms with Crippen LogP contribution in [-0.4, -0.2) is 17.5 Å². The molecule has 4 heteroatoms.